The second-order valence-electron chi connectivity index (χ2n) is 4.92. The molecule has 0 aromatic rings. The number of thioether (sulfide) groups is 1. The van der Waals surface area contributed by atoms with Crippen molar-refractivity contribution in [3.63, 3.8) is 0 Å². The van der Waals surface area contributed by atoms with E-state index in [9.17, 15) is 0 Å². The molecule has 0 radical (unpaired) electrons. The third-order valence-corrected chi connectivity index (χ3v) is 4.58. The van der Waals surface area contributed by atoms with Crippen LogP contribution in [0.2, 0.25) is 0 Å². The summed E-state index contributed by atoms with van der Waals surface area (Å²) in [7, 11) is 0. The van der Waals surface area contributed by atoms with Crippen LogP contribution in [0.4, 0.5) is 0 Å². The Bertz CT molecular complexity index is 151. The largest absolute Gasteiger partial charge is 0.313 e. The minimum absolute atomic E-state index is 0.783. The lowest BCUT2D eigenvalue weighted by Crippen LogP contribution is -2.43. The van der Waals surface area contributed by atoms with Crippen LogP contribution in [0.15, 0.2) is 0 Å². The van der Waals surface area contributed by atoms with Gasteiger partial charge in [-0.3, -0.25) is 0 Å². The van der Waals surface area contributed by atoms with Crippen LogP contribution in [0.1, 0.15) is 46.5 Å². The van der Waals surface area contributed by atoms with Gasteiger partial charge >= 0.3 is 0 Å². The fourth-order valence-corrected chi connectivity index (χ4v) is 3.31. The van der Waals surface area contributed by atoms with Crippen LogP contribution in [0, 0.1) is 11.8 Å². The van der Waals surface area contributed by atoms with Crippen molar-refractivity contribution in [1.29, 1.82) is 0 Å². The van der Waals surface area contributed by atoms with Gasteiger partial charge in [-0.05, 0) is 49.1 Å². The maximum atomic E-state index is 3.77. The third kappa shape index (κ3) is 4.78. The van der Waals surface area contributed by atoms with E-state index in [1.165, 1.54) is 43.7 Å². The van der Waals surface area contributed by atoms with Gasteiger partial charge in [-0.2, -0.15) is 11.8 Å². The second kappa shape index (κ2) is 7.56. The standard InChI is InChI=1S/C13H27NS/c1-4-15-10-6-9-14-13-11(2)7-5-8-12(13)3/h11-14H,4-10H2,1-3H3. The van der Waals surface area contributed by atoms with Crippen molar-refractivity contribution < 1.29 is 0 Å². The lowest BCUT2D eigenvalue weighted by Gasteiger charge is -2.35. The molecule has 0 aromatic heterocycles. The summed E-state index contributed by atoms with van der Waals surface area (Å²) in [5.74, 6) is 4.34. The minimum atomic E-state index is 0.783. The smallest absolute Gasteiger partial charge is 0.0118 e. The summed E-state index contributed by atoms with van der Waals surface area (Å²) in [5.41, 5.74) is 0. The van der Waals surface area contributed by atoms with Gasteiger partial charge in [-0.1, -0.05) is 27.2 Å². The maximum absolute atomic E-state index is 3.77. The Morgan fingerprint density at radius 1 is 1.20 bits per heavy atom. The topological polar surface area (TPSA) is 12.0 Å². The molecule has 1 N–H and O–H groups in total. The van der Waals surface area contributed by atoms with E-state index in [2.05, 4.69) is 37.8 Å². The predicted octanol–water partition coefficient (Wildman–Crippen LogP) is 3.54. The van der Waals surface area contributed by atoms with Crippen molar-refractivity contribution in [3.05, 3.63) is 0 Å². The summed E-state index contributed by atoms with van der Waals surface area (Å²) < 4.78 is 0. The monoisotopic (exact) mass is 229 g/mol. The molecule has 0 spiro atoms. The second-order valence-corrected chi connectivity index (χ2v) is 6.31. The van der Waals surface area contributed by atoms with Gasteiger partial charge in [-0.25, -0.2) is 0 Å². The van der Waals surface area contributed by atoms with Crippen LogP contribution in [0.3, 0.4) is 0 Å². The lowest BCUT2D eigenvalue weighted by molar-refractivity contribution is 0.210. The first-order chi connectivity index (χ1) is 7.25. The highest BCUT2D eigenvalue weighted by Gasteiger charge is 2.26. The van der Waals surface area contributed by atoms with Gasteiger partial charge in [0.15, 0.2) is 0 Å². The van der Waals surface area contributed by atoms with Crippen LogP contribution in [0.25, 0.3) is 0 Å². The molecule has 0 bridgehead atoms. The molecule has 15 heavy (non-hydrogen) atoms. The fraction of sp³-hybridized carbons (Fsp3) is 1.00. The number of rotatable bonds is 6. The quantitative estimate of drug-likeness (QED) is 0.699. The van der Waals surface area contributed by atoms with Crippen LogP contribution in [0.5, 0.6) is 0 Å². The van der Waals surface area contributed by atoms with Gasteiger partial charge in [0.2, 0.25) is 0 Å². The summed E-state index contributed by atoms with van der Waals surface area (Å²) in [4.78, 5) is 0. The molecule has 2 heteroatoms. The Kier molecular flexibility index (Phi) is 6.74. The van der Waals surface area contributed by atoms with E-state index in [0.717, 1.165) is 17.9 Å². The molecule has 0 aliphatic heterocycles. The van der Waals surface area contributed by atoms with Gasteiger partial charge < -0.3 is 5.32 Å². The molecule has 1 aliphatic carbocycles. The average Bonchev–Trinajstić information content (AvgIpc) is 2.21. The summed E-state index contributed by atoms with van der Waals surface area (Å²) in [5, 5.41) is 3.77. The summed E-state index contributed by atoms with van der Waals surface area (Å²) in [6.45, 7) is 8.28. The molecule has 1 saturated carbocycles. The summed E-state index contributed by atoms with van der Waals surface area (Å²) in [6, 6.07) is 0.783. The van der Waals surface area contributed by atoms with Crippen molar-refractivity contribution in [3.8, 4) is 0 Å². The minimum Gasteiger partial charge on any atom is -0.313 e. The Morgan fingerprint density at radius 3 is 2.47 bits per heavy atom. The van der Waals surface area contributed by atoms with E-state index in [4.69, 9.17) is 0 Å². The first-order valence-corrected chi connectivity index (χ1v) is 7.72. The van der Waals surface area contributed by atoms with Crippen LogP contribution in [-0.4, -0.2) is 24.1 Å². The van der Waals surface area contributed by atoms with E-state index in [1.54, 1.807) is 0 Å². The highest BCUT2D eigenvalue weighted by Crippen LogP contribution is 2.28. The molecule has 2 atom stereocenters. The molecular weight excluding hydrogens is 202 g/mol. The first kappa shape index (κ1) is 13.4. The highest BCUT2D eigenvalue weighted by atomic mass is 32.2. The van der Waals surface area contributed by atoms with Gasteiger partial charge in [0.1, 0.15) is 0 Å². The zero-order chi connectivity index (χ0) is 11.1. The van der Waals surface area contributed by atoms with Crippen LogP contribution >= 0.6 is 11.8 Å². The lowest BCUT2D eigenvalue weighted by atomic mass is 9.79. The first-order valence-electron chi connectivity index (χ1n) is 6.56. The maximum Gasteiger partial charge on any atom is 0.0118 e. The number of nitrogens with one attached hydrogen (secondary N) is 1. The molecule has 0 aromatic carbocycles. The molecule has 0 heterocycles. The van der Waals surface area contributed by atoms with Crippen LogP contribution in [-0.2, 0) is 0 Å². The molecule has 1 rings (SSSR count). The Hall–Kier alpha value is 0.310. The molecule has 1 fully saturated rings. The molecule has 0 saturated heterocycles. The third-order valence-electron chi connectivity index (χ3n) is 3.59. The Balaban J connectivity index is 2.12. The van der Waals surface area contributed by atoms with Gasteiger partial charge in [0.25, 0.3) is 0 Å². The van der Waals surface area contributed by atoms with Gasteiger partial charge in [-0.15, -0.1) is 0 Å². The van der Waals surface area contributed by atoms with Crippen molar-refractivity contribution >= 4 is 11.8 Å². The van der Waals surface area contributed by atoms with E-state index in [0.29, 0.717) is 0 Å². The van der Waals surface area contributed by atoms with E-state index in [-0.39, 0.29) is 0 Å². The van der Waals surface area contributed by atoms with Gasteiger partial charge in [0, 0.05) is 6.04 Å². The van der Waals surface area contributed by atoms with Gasteiger partial charge in [0.05, 0.1) is 0 Å². The Morgan fingerprint density at radius 2 is 1.87 bits per heavy atom. The van der Waals surface area contributed by atoms with Crippen LogP contribution < -0.4 is 5.32 Å². The normalized spacial score (nSPS) is 31.8. The molecule has 0 amide bonds. The molecule has 90 valence electrons. The highest BCUT2D eigenvalue weighted by molar-refractivity contribution is 7.99. The summed E-state index contributed by atoms with van der Waals surface area (Å²) in [6.07, 6.45) is 5.61. The fourth-order valence-electron chi connectivity index (χ4n) is 2.67. The van der Waals surface area contributed by atoms with Crippen molar-refractivity contribution in [1.82, 2.24) is 5.32 Å². The van der Waals surface area contributed by atoms with E-state index < -0.39 is 0 Å². The molecule has 2 unspecified atom stereocenters. The molecule has 1 aliphatic rings. The molecule has 1 nitrogen and oxygen atoms in total. The predicted molar refractivity (Wildman–Crippen MR) is 71.6 cm³/mol. The zero-order valence-electron chi connectivity index (χ0n) is 10.6. The SMILES string of the molecule is CCSCCCNC1C(C)CCCC1C. The zero-order valence-corrected chi connectivity index (χ0v) is 11.4. The molecular formula is C13H27NS. The van der Waals surface area contributed by atoms with Crippen molar-refractivity contribution in [2.45, 2.75) is 52.5 Å². The van der Waals surface area contributed by atoms with E-state index >= 15 is 0 Å². The Labute approximate surface area is 99.8 Å². The average molecular weight is 229 g/mol. The summed E-state index contributed by atoms with van der Waals surface area (Å²) >= 11 is 2.06. The number of hydrogen-bond acceptors (Lipinski definition) is 2. The van der Waals surface area contributed by atoms with Crippen molar-refractivity contribution in [2.24, 2.45) is 11.8 Å². The van der Waals surface area contributed by atoms with E-state index in [1.807, 2.05) is 0 Å². The van der Waals surface area contributed by atoms with Crippen molar-refractivity contribution in [2.75, 3.05) is 18.1 Å². The number of hydrogen-bond donors (Lipinski definition) is 1.